The Balaban J connectivity index is 2.63. The van der Waals surface area contributed by atoms with Crippen LogP contribution in [0.2, 0.25) is 0 Å². The summed E-state index contributed by atoms with van der Waals surface area (Å²) in [5, 5.41) is 11.2. The standard InChI is InChI=1S/C18H20N2O6S/c1-5-19(16-8-6-7-15(13(16)3)18(21)26-4)27(24,25)14-10-9-12(2)17(11-14)20(22)23/h6-11H,5H2,1-4H3. The van der Waals surface area contributed by atoms with Crippen LogP contribution in [-0.2, 0) is 14.8 Å². The number of rotatable bonds is 6. The minimum absolute atomic E-state index is 0.0788. The highest BCUT2D eigenvalue weighted by molar-refractivity contribution is 7.92. The lowest BCUT2D eigenvalue weighted by atomic mass is 10.1. The average Bonchev–Trinajstić information content (AvgIpc) is 2.62. The summed E-state index contributed by atoms with van der Waals surface area (Å²) in [6, 6.07) is 8.46. The number of esters is 1. The molecule has 0 aliphatic heterocycles. The Morgan fingerprint density at radius 3 is 2.44 bits per heavy atom. The van der Waals surface area contributed by atoms with Crippen LogP contribution >= 0.6 is 0 Å². The van der Waals surface area contributed by atoms with Crippen molar-refractivity contribution >= 4 is 27.4 Å². The third-order valence-electron chi connectivity index (χ3n) is 4.23. The predicted octanol–water partition coefficient (Wildman–Crippen LogP) is 3.21. The summed E-state index contributed by atoms with van der Waals surface area (Å²) in [6.07, 6.45) is 0. The van der Waals surface area contributed by atoms with E-state index in [0.29, 0.717) is 16.8 Å². The zero-order valence-corrected chi connectivity index (χ0v) is 16.2. The first-order valence-electron chi connectivity index (χ1n) is 8.10. The van der Waals surface area contributed by atoms with Gasteiger partial charge in [0.15, 0.2) is 0 Å². The van der Waals surface area contributed by atoms with Gasteiger partial charge < -0.3 is 4.74 Å². The summed E-state index contributed by atoms with van der Waals surface area (Å²) in [5.74, 6) is -0.575. The highest BCUT2D eigenvalue weighted by Crippen LogP contribution is 2.31. The van der Waals surface area contributed by atoms with Gasteiger partial charge in [-0.2, -0.15) is 0 Å². The smallest absolute Gasteiger partial charge is 0.338 e. The summed E-state index contributed by atoms with van der Waals surface area (Å²) in [6.45, 7) is 4.88. The van der Waals surface area contributed by atoms with Crippen molar-refractivity contribution in [2.24, 2.45) is 0 Å². The molecule has 0 aromatic heterocycles. The molecule has 0 heterocycles. The van der Waals surface area contributed by atoms with E-state index in [9.17, 15) is 23.3 Å². The normalized spacial score (nSPS) is 11.1. The summed E-state index contributed by atoms with van der Waals surface area (Å²) in [5.41, 5.74) is 1.09. The van der Waals surface area contributed by atoms with Crippen molar-refractivity contribution in [3.05, 3.63) is 63.2 Å². The van der Waals surface area contributed by atoms with Crippen LogP contribution < -0.4 is 4.31 Å². The van der Waals surface area contributed by atoms with Gasteiger partial charge in [0.2, 0.25) is 0 Å². The second-order valence-electron chi connectivity index (χ2n) is 5.82. The van der Waals surface area contributed by atoms with Gasteiger partial charge in [0, 0.05) is 18.2 Å². The largest absolute Gasteiger partial charge is 0.465 e. The van der Waals surface area contributed by atoms with Crippen LogP contribution in [-0.4, -0.2) is 33.0 Å². The molecular formula is C18H20N2O6S. The van der Waals surface area contributed by atoms with Crippen molar-refractivity contribution in [1.82, 2.24) is 0 Å². The number of hydrogen-bond acceptors (Lipinski definition) is 6. The third-order valence-corrected chi connectivity index (χ3v) is 6.12. The van der Waals surface area contributed by atoms with Crippen LogP contribution in [0.15, 0.2) is 41.3 Å². The van der Waals surface area contributed by atoms with Crippen molar-refractivity contribution < 1.29 is 22.9 Å². The minimum Gasteiger partial charge on any atom is -0.465 e. The van der Waals surface area contributed by atoms with Gasteiger partial charge in [0.1, 0.15) is 0 Å². The molecule has 2 rings (SSSR count). The van der Waals surface area contributed by atoms with Gasteiger partial charge in [-0.05, 0) is 44.5 Å². The highest BCUT2D eigenvalue weighted by Gasteiger charge is 2.28. The molecule has 0 atom stereocenters. The molecule has 0 amide bonds. The van der Waals surface area contributed by atoms with Crippen molar-refractivity contribution in [1.29, 1.82) is 0 Å². The Labute approximate surface area is 157 Å². The minimum atomic E-state index is -4.07. The maximum atomic E-state index is 13.1. The first-order chi connectivity index (χ1) is 12.6. The Bertz CT molecular complexity index is 1000. The number of ether oxygens (including phenoxy) is 1. The van der Waals surface area contributed by atoms with Gasteiger partial charge >= 0.3 is 5.97 Å². The van der Waals surface area contributed by atoms with E-state index < -0.39 is 20.9 Å². The number of aryl methyl sites for hydroxylation is 1. The van der Waals surface area contributed by atoms with Crippen molar-refractivity contribution in [3.63, 3.8) is 0 Å². The second kappa shape index (κ2) is 7.75. The number of sulfonamides is 1. The number of benzene rings is 2. The Morgan fingerprint density at radius 1 is 1.22 bits per heavy atom. The lowest BCUT2D eigenvalue weighted by Crippen LogP contribution is -2.31. The fraction of sp³-hybridized carbons (Fsp3) is 0.278. The fourth-order valence-corrected chi connectivity index (χ4v) is 4.32. The number of methoxy groups -OCH3 is 1. The zero-order valence-electron chi connectivity index (χ0n) is 15.4. The van der Waals surface area contributed by atoms with Gasteiger partial charge in [-0.15, -0.1) is 0 Å². The van der Waals surface area contributed by atoms with E-state index in [4.69, 9.17) is 4.74 Å². The number of hydrogen-bond donors (Lipinski definition) is 0. The monoisotopic (exact) mass is 392 g/mol. The van der Waals surface area contributed by atoms with Gasteiger partial charge in [-0.3, -0.25) is 14.4 Å². The molecule has 0 radical (unpaired) electrons. The van der Waals surface area contributed by atoms with Crippen molar-refractivity contribution in [3.8, 4) is 0 Å². The molecule has 0 fully saturated rings. The zero-order chi connectivity index (χ0) is 20.4. The van der Waals surface area contributed by atoms with E-state index >= 15 is 0 Å². The number of nitrogens with zero attached hydrogens (tertiary/aromatic N) is 2. The third kappa shape index (κ3) is 3.77. The summed E-state index contributed by atoms with van der Waals surface area (Å²) >= 11 is 0. The van der Waals surface area contributed by atoms with E-state index in [1.54, 1.807) is 32.0 Å². The van der Waals surface area contributed by atoms with E-state index in [0.717, 1.165) is 10.4 Å². The molecule has 2 aromatic carbocycles. The first-order valence-corrected chi connectivity index (χ1v) is 9.54. The van der Waals surface area contributed by atoms with E-state index in [2.05, 4.69) is 0 Å². The van der Waals surface area contributed by atoms with Gasteiger partial charge in [-0.1, -0.05) is 12.1 Å². The molecule has 8 nitrogen and oxygen atoms in total. The SMILES string of the molecule is CCN(c1cccc(C(=O)OC)c1C)S(=O)(=O)c1ccc(C)c([N+](=O)[O-])c1. The first kappa shape index (κ1) is 20.4. The van der Waals surface area contributed by atoms with Crippen molar-refractivity contribution in [2.45, 2.75) is 25.7 Å². The second-order valence-corrected chi connectivity index (χ2v) is 7.68. The lowest BCUT2D eigenvalue weighted by molar-refractivity contribution is -0.385. The van der Waals surface area contributed by atoms with E-state index in [1.807, 2.05) is 0 Å². The Hall–Kier alpha value is -2.94. The molecule has 0 bridgehead atoms. The van der Waals surface area contributed by atoms with E-state index in [-0.39, 0.29) is 22.7 Å². The van der Waals surface area contributed by atoms with Crippen LogP contribution in [0.5, 0.6) is 0 Å². The van der Waals surface area contributed by atoms with Crippen LogP contribution in [0.25, 0.3) is 0 Å². The number of nitro benzene ring substituents is 1. The maximum Gasteiger partial charge on any atom is 0.338 e. The molecule has 0 aliphatic rings. The molecule has 27 heavy (non-hydrogen) atoms. The molecule has 0 aliphatic carbocycles. The Kier molecular flexibility index (Phi) is 5.85. The molecule has 0 saturated carbocycles. The molecule has 144 valence electrons. The number of nitro groups is 1. The number of carbonyl (C=O) groups excluding carboxylic acids is 1. The van der Waals surface area contributed by atoms with Crippen LogP contribution in [0.4, 0.5) is 11.4 Å². The van der Waals surface area contributed by atoms with E-state index in [1.165, 1.54) is 26.2 Å². The number of carbonyl (C=O) groups is 1. The number of anilines is 1. The molecule has 9 heteroatoms. The van der Waals surface area contributed by atoms with Crippen molar-refractivity contribution in [2.75, 3.05) is 18.0 Å². The Morgan fingerprint density at radius 2 is 1.89 bits per heavy atom. The molecule has 0 saturated heterocycles. The van der Waals surface area contributed by atoms with Crippen LogP contribution in [0, 0.1) is 24.0 Å². The highest BCUT2D eigenvalue weighted by atomic mass is 32.2. The quantitative estimate of drug-likeness (QED) is 0.424. The fourth-order valence-electron chi connectivity index (χ4n) is 2.77. The molecular weight excluding hydrogens is 372 g/mol. The summed E-state index contributed by atoms with van der Waals surface area (Å²) in [4.78, 5) is 22.3. The lowest BCUT2D eigenvalue weighted by Gasteiger charge is -2.25. The average molecular weight is 392 g/mol. The summed E-state index contributed by atoms with van der Waals surface area (Å²) < 4.78 is 32.1. The molecule has 0 N–H and O–H groups in total. The predicted molar refractivity (Wildman–Crippen MR) is 101 cm³/mol. The summed E-state index contributed by atoms with van der Waals surface area (Å²) in [7, 11) is -2.83. The van der Waals surface area contributed by atoms with Crippen LogP contribution in [0.3, 0.4) is 0 Å². The van der Waals surface area contributed by atoms with Crippen LogP contribution in [0.1, 0.15) is 28.4 Å². The van der Waals surface area contributed by atoms with Gasteiger partial charge in [0.25, 0.3) is 15.7 Å². The maximum absolute atomic E-state index is 13.1. The molecule has 0 unspecified atom stereocenters. The van der Waals surface area contributed by atoms with Gasteiger partial charge in [0.05, 0.1) is 28.2 Å². The molecule has 2 aromatic rings. The molecule has 0 spiro atoms. The topological polar surface area (TPSA) is 107 Å². The van der Waals surface area contributed by atoms with Gasteiger partial charge in [-0.25, -0.2) is 13.2 Å².